The normalized spacial score (nSPS) is 29.4. The monoisotopic (exact) mass is 273 g/mol. The Balaban J connectivity index is 1.54. The molecule has 3 rings (SSSR count). The quantitative estimate of drug-likeness (QED) is 0.879. The Morgan fingerprint density at radius 1 is 1.35 bits per heavy atom. The number of aryl methyl sites for hydroxylation is 1. The Morgan fingerprint density at radius 3 is 2.90 bits per heavy atom. The zero-order chi connectivity index (χ0) is 14.1. The van der Waals surface area contributed by atoms with Crippen molar-refractivity contribution in [3.05, 3.63) is 29.8 Å². The van der Waals surface area contributed by atoms with Crippen molar-refractivity contribution in [1.82, 2.24) is 4.90 Å². The first-order valence-corrected chi connectivity index (χ1v) is 7.47. The van der Waals surface area contributed by atoms with Gasteiger partial charge in [-0.05, 0) is 43.2 Å². The van der Waals surface area contributed by atoms with Gasteiger partial charge in [0.1, 0.15) is 0 Å². The van der Waals surface area contributed by atoms with Crippen molar-refractivity contribution in [2.45, 2.75) is 25.8 Å². The van der Waals surface area contributed by atoms with E-state index in [1.807, 2.05) is 31.2 Å². The molecule has 1 aromatic rings. The standard InChI is InChI=1S/C16H23N3O/c1-11-4-2-3-5-15(11)18-16(20)10-19-8-12-6-7-14(17)13(12)9-19/h2-5,12-14H,6-10,17H2,1H3,(H,18,20). The number of carbonyl (C=O) groups is 1. The van der Waals surface area contributed by atoms with Crippen LogP contribution in [0.2, 0.25) is 0 Å². The van der Waals surface area contributed by atoms with E-state index in [1.54, 1.807) is 0 Å². The lowest BCUT2D eigenvalue weighted by atomic mass is 9.98. The second-order valence-corrected chi connectivity index (χ2v) is 6.22. The SMILES string of the molecule is Cc1ccccc1NC(=O)CN1CC2CCC(N)C2C1. The molecular weight excluding hydrogens is 250 g/mol. The number of nitrogens with zero attached hydrogens (tertiary/aromatic N) is 1. The van der Waals surface area contributed by atoms with Crippen molar-refractivity contribution in [3.8, 4) is 0 Å². The van der Waals surface area contributed by atoms with Gasteiger partial charge in [-0.25, -0.2) is 0 Å². The molecule has 0 bridgehead atoms. The topological polar surface area (TPSA) is 58.4 Å². The highest BCUT2D eigenvalue weighted by atomic mass is 16.2. The van der Waals surface area contributed by atoms with Gasteiger partial charge in [-0.15, -0.1) is 0 Å². The Kier molecular flexibility index (Phi) is 3.76. The van der Waals surface area contributed by atoms with Gasteiger partial charge in [-0.1, -0.05) is 18.2 Å². The third-order valence-corrected chi connectivity index (χ3v) is 4.77. The van der Waals surface area contributed by atoms with Crippen molar-refractivity contribution in [2.75, 3.05) is 25.0 Å². The minimum absolute atomic E-state index is 0.0767. The average molecular weight is 273 g/mol. The lowest BCUT2D eigenvalue weighted by Gasteiger charge is -2.18. The molecule has 1 aliphatic heterocycles. The fourth-order valence-electron chi connectivity index (χ4n) is 3.63. The number of hydrogen-bond donors (Lipinski definition) is 2. The number of carbonyl (C=O) groups excluding carboxylic acids is 1. The van der Waals surface area contributed by atoms with E-state index in [4.69, 9.17) is 5.73 Å². The molecule has 1 saturated heterocycles. The maximum atomic E-state index is 12.1. The number of nitrogens with one attached hydrogen (secondary N) is 1. The maximum Gasteiger partial charge on any atom is 0.238 e. The Morgan fingerprint density at radius 2 is 2.15 bits per heavy atom. The molecule has 1 aromatic carbocycles. The van der Waals surface area contributed by atoms with Gasteiger partial charge < -0.3 is 11.1 Å². The first-order valence-electron chi connectivity index (χ1n) is 7.47. The van der Waals surface area contributed by atoms with Gasteiger partial charge in [0.2, 0.25) is 5.91 Å². The van der Waals surface area contributed by atoms with Crippen LogP contribution in [-0.4, -0.2) is 36.5 Å². The summed E-state index contributed by atoms with van der Waals surface area (Å²) in [4.78, 5) is 14.4. The molecule has 1 saturated carbocycles. The average Bonchev–Trinajstić information content (AvgIpc) is 2.95. The summed E-state index contributed by atoms with van der Waals surface area (Å²) in [6, 6.07) is 8.22. The summed E-state index contributed by atoms with van der Waals surface area (Å²) in [7, 11) is 0. The van der Waals surface area contributed by atoms with Gasteiger partial charge in [0.15, 0.2) is 0 Å². The second-order valence-electron chi connectivity index (χ2n) is 6.22. The van der Waals surface area contributed by atoms with Crippen LogP contribution in [0.1, 0.15) is 18.4 Å². The molecule has 2 aliphatic rings. The van der Waals surface area contributed by atoms with Crippen molar-refractivity contribution >= 4 is 11.6 Å². The van der Waals surface area contributed by atoms with E-state index in [0.717, 1.165) is 30.8 Å². The van der Waals surface area contributed by atoms with Crippen LogP contribution in [0.3, 0.4) is 0 Å². The van der Waals surface area contributed by atoms with E-state index < -0.39 is 0 Å². The largest absolute Gasteiger partial charge is 0.327 e. The molecule has 3 N–H and O–H groups in total. The molecule has 108 valence electrons. The maximum absolute atomic E-state index is 12.1. The van der Waals surface area contributed by atoms with Crippen LogP contribution in [0.15, 0.2) is 24.3 Å². The molecule has 0 aromatic heterocycles. The summed E-state index contributed by atoms with van der Waals surface area (Å²) in [5.74, 6) is 1.38. The molecule has 0 radical (unpaired) electrons. The van der Waals surface area contributed by atoms with E-state index in [9.17, 15) is 4.79 Å². The number of anilines is 1. The van der Waals surface area contributed by atoms with Gasteiger partial charge in [0, 0.05) is 24.8 Å². The Labute approximate surface area is 120 Å². The third kappa shape index (κ3) is 2.72. The fraction of sp³-hybridized carbons (Fsp3) is 0.562. The molecule has 2 fully saturated rings. The lowest BCUT2D eigenvalue weighted by Crippen LogP contribution is -2.34. The number of benzene rings is 1. The Hall–Kier alpha value is -1.39. The van der Waals surface area contributed by atoms with Gasteiger partial charge in [-0.3, -0.25) is 9.69 Å². The highest BCUT2D eigenvalue weighted by molar-refractivity contribution is 5.92. The summed E-state index contributed by atoms with van der Waals surface area (Å²) in [5.41, 5.74) is 8.14. The summed E-state index contributed by atoms with van der Waals surface area (Å²) >= 11 is 0. The molecule has 4 heteroatoms. The molecular formula is C16H23N3O. The number of fused-ring (bicyclic) bond motifs is 1. The molecule has 4 nitrogen and oxygen atoms in total. The van der Waals surface area contributed by atoms with Gasteiger partial charge >= 0.3 is 0 Å². The van der Waals surface area contributed by atoms with Crippen LogP contribution in [-0.2, 0) is 4.79 Å². The minimum Gasteiger partial charge on any atom is -0.327 e. The smallest absolute Gasteiger partial charge is 0.238 e. The number of para-hydroxylation sites is 1. The minimum atomic E-state index is 0.0767. The van der Waals surface area contributed by atoms with Crippen molar-refractivity contribution in [3.63, 3.8) is 0 Å². The number of likely N-dealkylation sites (tertiary alicyclic amines) is 1. The van der Waals surface area contributed by atoms with Gasteiger partial charge in [-0.2, -0.15) is 0 Å². The molecule has 20 heavy (non-hydrogen) atoms. The molecule has 1 aliphatic carbocycles. The van der Waals surface area contributed by atoms with Crippen LogP contribution >= 0.6 is 0 Å². The summed E-state index contributed by atoms with van der Waals surface area (Å²) in [6.07, 6.45) is 2.38. The molecule has 1 amide bonds. The summed E-state index contributed by atoms with van der Waals surface area (Å²) in [5, 5.41) is 3.00. The number of rotatable bonds is 3. The highest BCUT2D eigenvalue weighted by Gasteiger charge is 2.41. The lowest BCUT2D eigenvalue weighted by molar-refractivity contribution is -0.117. The predicted octanol–water partition coefficient (Wildman–Crippen LogP) is 1.60. The van der Waals surface area contributed by atoms with E-state index in [-0.39, 0.29) is 5.91 Å². The van der Waals surface area contributed by atoms with Gasteiger partial charge in [0.25, 0.3) is 0 Å². The van der Waals surface area contributed by atoms with Crippen LogP contribution < -0.4 is 11.1 Å². The zero-order valence-corrected chi connectivity index (χ0v) is 12.0. The third-order valence-electron chi connectivity index (χ3n) is 4.77. The van der Waals surface area contributed by atoms with Crippen molar-refractivity contribution in [1.29, 1.82) is 0 Å². The van der Waals surface area contributed by atoms with Crippen LogP contribution in [0.25, 0.3) is 0 Å². The van der Waals surface area contributed by atoms with E-state index in [0.29, 0.717) is 24.4 Å². The van der Waals surface area contributed by atoms with Crippen LogP contribution in [0.4, 0.5) is 5.69 Å². The van der Waals surface area contributed by atoms with Crippen molar-refractivity contribution in [2.24, 2.45) is 17.6 Å². The number of hydrogen-bond acceptors (Lipinski definition) is 3. The van der Waals surface area contributed by atoms with Crippen LogP contribution in [0.5, 0.6) is 0 Å². The first kappa shape index (κ1) is 13.6. The van der Waals surface area contributed by atoms with E-state index >= 15 is 0 Å². The molecule has 3 atom stereocenters. The zero-order valence-electron chi connectivity index (χ0n) is 12.0. The number of amides is 1. The second kappa shape index (κ2) is 5.54. The molecule has 0 spiro atoms. The summed E-state index contributed by atoms with van der Waals surface area (Å²) in [6.45, 7) is 4.50. The van der Waals surface area contributed by atoms with Crippen LogP contribution in [0, 0.1) is 18.8 Å². The van der Waals surface area contributed by atoms with E-state index in [2.05, 4.69) is 10.2 Å². The van der Waals surface area contributed by atoms with Crippen molar-refractivity contribution < 1.29 is 4.79 Å². The highest BCUT2D eigenvalue weighted by Crippen LogP contribution is 2.36. The fourth-order valence-corrected chi connectivity index (χ4v) is 3.63. The summed E-state index contributed by atoms with van der Waals surface area (Å²) < 4.78 is 0. The first-order chi connectivity index (χ1) is 9.63. The number of nitrogens with two attached hydrogens (primary N) is 1. The predicted molar refractivity (Wildman–Crippen MR) is 80.4 cm³/mol. The Bertz CT molecular complexity index is 502. The molecule has 1 heterocycles. The van der Waals surface area contributed by atoms with Gasteiger partial charge in [0.05, 0.1) is 6.54 Å². The molecule has 3 unspecified atom stereocenters. The van der Waals surface area contributed by atoms with E-state index in [1.165, 1.54) is 6.42 Å².